The molecule has 1 rings (SSSR count). The first-order valence-corrected chi connectivity index (χ1v) is 5.17. The average molecular weight is 209 g/mol. The number of rotatable bonds is 5. The molecule has 0 aromatic carbocycles. The van der Waals surface area contributed by atoms with Crippen molar-refractivity contribution in [3.63, 3.8) is 0 Å². The zero-order chi connectivity index (χ0) is 11.3. The van der Waals surface area contributed by atoms with E-state index >= 15 is 0 Å². The van der Waals surface area contributed by atoms with Crippen molar-refractivity contribution < 1.29 is 4.74 Å². The van der Waals surface area contributed by atoms with Crippen LogP contribution in [0.3, 0.4) is 0 Å². The molecule has 15 heavy (non-hydrogen) atoms. The molecule has 4 heteroatoms. The molecule has 0 fully saturated rings. The molecular weight excluding hydrogens is 190 g/mol. The van der Waals surface area contributed by atoms with Crippen molar-refractivity contribution in [3.8, 4) is 0 Å². The second-order valence-corrected chi connectivity index (χ2v) is 3.99. The SMILES string of the molecule is COCC(Nc1cc(C)ncn1)C(C)C. The normalized spacial score (nSPS) is 12.9. The summed E-state index contributed by atoms with van der Waals surface area (Å²) in [5, 5.41) is 3.34. The van der Waals surface area contributed by atoms with Gasteiger partial charge in [0, 0.05) is 18.9 Å². The minimum Gasteiger partial charge on any atom is -0.383 e. The third kappa shape index (κ3) is 3.83. The van der Waals surface area contributed by atoms with Crippen LogP contribution in [0, 0.1) is 12.8 Å². The van der Waals surface area contributed by atoms with E-state index in [0.29, 0.717) is 12.5 Å². The molecule has 4 nitrogen and oxygen atoms in total. The van der Waals surface area contributed by atoms with Crippen LogP contribution < -0.4 is 5.32 Å². The Bertz CT molecular complexity index is 302. The highest BCUT2D eigenvalue weighted by Gasteiger charge is 2.13. The molecule has 0 aliphatic heterocycles. The Labute approximate surface area is 91.1 Å². The Morgan fingerprint density at radius 1 is 1.40 bits per heavy atom. The zero-order valence-electron chi connectivity index (χ0n) is 9.82. The number of anilines is 1. The van der Waals surface area contributed by atoms with E-state index in [1.807, 2.05) is 13.0 Å². The van der Waals surface area contributed by atoms with E-state index < -0.39 is 0 Å². The van der Waals surface area contributed by atoms with Crippen molar-refractivity contribution in [2.75, 3.05) is 19.0 Å². The van der Waals surface area contributed by atoms with Crippen LogP contribution in [0.5, 0.6) is 0 Å². The van der Waals surface area contributed by atoms with Crippen molar-refractivity contribution in [3.05, 3.63) is 18.1 Å². The Morgan fingerprint density at radius 2 is 2.13 bits per heavy atom. The summed E-state index contributed by atoms with van der Waals surface area (Å²) in [6.45, 7) is 6.95. The molecule has 0 amide bonds. The number of ether oxygens (including phenoxy) is 1. The second kappa shape index (κ2) is 5.66. The van der Waals surface area contributed by atoms with E-state index in [0.717, 1.165) is 11.5 Å². The number of methoxy groups -OCH3 is 1. The maximum atomic E-state index is 5.16. The molecule has 0 saturated heterocycles. The summed E-state index contributed by atoms with van der Waals surface area (Å²) < 4.78 is 5.16. The number of hydrogen-bond donors (Lipinski definition) is 1. The summed E-state index contributed by atoms with van der Waals surface area (Å²) in [6.07, 6.45) is 1.57. The summed E-state index contributed by atoms with van der Waals surface area (Å²) in [6, 6.07) is 2.22. The molecule has 1 aromatic rings. The van der Waals surface area contributed by atoms with Gasteiger partial charge in [0.25, 0.3) is 0 Å². The van der Waals surface area contributed by atoms with E-state index in [4.69, 9.17) is 4.74 Å². The number of aromatic nitrogens is 2. The number of hydrogen-bond acceptors (Lipinski definition) is 4. The highest BCUT2D eigenvalue weighted by atomic mass is 16.5. The van der Waals surface area contributed by atoms with Gasteiger partial charge in [-0.15, -0.1) is 0 Å². The first-order chi connectivity index (χ1) is 7.13. The van der Waals surface area contributed by atoms with Gasteiger partial charge in [-0.05, 0) is 12.8 Å². The van der Waals surface area contributed by atoms with Crippen molar-refractivity contribution >= 4 is 5.82 Å². The minimum absolute atomic E-state index is 0.282. The van der Waals surface area contributed by atoms with Gasteiger partial charge in [-0.3, -0.25) is 0 Å². The van der Waals surface area contributed by atoms with E-state index in [1.165, 1.54) is 0 Å². The van der Waals surface area contributed by atoms with Crippen molar-refractivity contribution in [2.24, 2.45) is 5.92 Å². The van der Waals surface area contributed by atoms with Crippen LogP contribution >= 0.6 is 0 Å². The number of nitrogens with one attached hydrogen (secondary N) is 1. The molecule has 0 spiro atoms. The lowest BCUT2D eigenvalue weighted by molar-refractivity contribution is 0.171. The van der Waals surface area contributed by atoms with E-state index in [2.05, 4.69) is 29.1 Å². The van der Waals surface area contributed by atoms with E-state index in [-0.39, 0.29) is 6.04 Å². The highest BCUT2D eigenvalue weighted by Crippen LogP contribution is 2.10. The molecular formula is C11H19N3O. The van der Waals surface area contributed by atoms with E-state index in [1.54, 1.807) is 13.4 Å². The zero-order valence-corrected chi connectivity index (χ0v) is 9.82. The van der Waals surface area contributed by atoms with Crippen LogP contribution in [0.4, 0.5) is 5.82 Å². The van der Waals surface area contributed by atoms with Gasteiger partial charge < -0.3 is 10.1 Å². The molecule has 1 aromatic heterocycles. The molecule has 1 N–H and O–H groups in total. The first-order valence-electron chi connectivity index (χ1n) is 5.17. The van der Waals surface area contributed by atoms with Gasteiger partial charge in [-0.2, -0.15) is 0 Å². The Kier molecular flexibility index (Phi) is 4.49. The fourth-order valence-corrected chi connectivity index (χ4v) is 1.30. The lowest BCUT2D eigenvalue weighted by Gasteiger charge is -2.21. The molecule has 0 bridgehead atoms. The van der Waals surface area contributed by atoms with Crippen molar-refractivity contribution in [1.29, 1.82) is 0 Å². The lowest BCUT2D eigenvalue weighted by Crippen LogP contribution is -2.30. The van der Waals surface area contributed by atoms with Crippen LogP contribution in [0.15, 0.2) is 12.4 Å². The van der Waals surface area contributed by atoms with Crippen LogP contribution in [0.25, 0.3) is 0 Å². The highest BCUT2D eigenvalue weighted by molar-refractivity contribution is 5.35. The van der Waals surface area contributed by atoms with Gasteiger partial charge in [0.15, 0.2) is 0 Å². The third-order valence-corrected chi connectivity index (χ3v) is 2.29. The molecule has 1 unspecified atom stereocenters. The molecule has 1 heterocycles. The summed E-state index contributed by atoms with van der Waals surface area (Å²) in [7, 11) is 1.71. The summed E-state index contributed by atoms with van der Waals surface area (Å²) in [4.78, 5) is 8.22. The van der Waals surface area contributed by atoms with Crippen LogP contribution in [0.1, 0.15) is 19.5 Å². The molecule has 1 atom stereocenters. The third-order valence-electron chi connectivity index (χ3n) is 2.29. The smallest absolute Gasteiger partial charge is 0.129 e. The van der Waals surface area contributed by atoms with Crippen molar-refractivity contribution in [1.82, 2.24) is 9.97 Å². The Morgan fingerprint density at radius 3 is 2.67 bits per heavy atom. The summed E-state index contributed by atoms with van der Waals surface area (Å²) in [5.41, 5.74) is 0.965. The van der Waals surface area contributed by atoms with Crippen LogP contribution in [-0.4, -0.2) is 29.7 Å². The lowest BCUT2D eigenvalue weighted by atomic mass is 10.1. The molecule has 0 saturated carbocycles. The summed E-state index contributed by atoms with van der Waals surface area (Å²) in [5.74, 6) is 1.36. The average Bonchev–Trinajstić information content (AvgIpc) is 2.17. The molecule has 0 radical (unpaired) electrons. The maximum Gasteiger partial charge on any atom is 0.129 e. The Hall–Kier alpha value is -1.16. The maximum absolute atomic E-state index is 5.16. The van der Waals surface area contributed by atoms with Gasteiger partial charge in [0.2, 0.25) is 0 Å². The predicted molar refractivity (Wildman–Crippen MR) is 60.9 cm³/mol. The van der Waals surface area contributed by atoms with Gasteiger partial charge in [-0.25, -0.2) is 9.97 Å². The standard InChI is InChI=1S/C11H19N3O/c1-8(2)10(6-15-4)14-11-5-9(3)12-7-13-11/h5,7-8,10H,6H2,1-4H3,(H,12,13,14). The van der Waals surface area contributed by atoms with Gasteiger partial charge in [0.05, 0.1) is 12.6 Å². The molecule has 84 valence electrons. The van der Waals surface area contributed by atoms with E-state index in [9.17, 15) is 0 Å². The predicted octanol–water partition coefficient (Wildman–Crippen LogP) is 1.87. The first kappa shape index (κ1) is 11.9. The minimum atomic E-state index is 0.282. The van der Waals surface area contributed by atoms with Crippen LogP contribution in [-0.2, 0) is 4.74 Å². The quantitative estimate of drug-likeness (QED) is 0.804. The summed E-state index contributed by atoms with van der Waals surface area (Å²) >= 11 is 0. The molecule has 0 aliphatic carbocycles. The van der Waals surface area contributed by atoms with Crippen molar-refractivity contribution in [2.45, 2.75) is 26.8 Å². The largest absolute Gasteiger partial charge is 0.383 e. The number of aryl methyl sites for hydroxylation is 1. The fraction of sp³-hybridized carbons (Fsp3) is 0.636. The van der Waals surface area contributed by atoms with Crippen LogP contribution in [0.2, 0.25) is 0 Å². The van der Waals surface area contributed by atoms with Gasteiger partial charge in [0.1, 0.15) is 12.1 Å². The molecule has 0 aliphatic rings. The topological polar surface area (TPSA) is 47.0 Å². The fourth-order valence-electron chi connectivity index (χ4n) is 1.30. The number of nitrogens with zero attached hydrogens (tertiary/aromatic N) is 2. The Balaban J connectivity index is 2.65. The monoisotopic (exact) mass is 209 g/mol. The second-order valence-electron chi connectivity index (χ2n) is 3.99. The van der Waals surface area contributed by atoms with Gasteiger partial charge in [-0.1, -0.05) is 13.8 Å². The van der Waals surface area contributed by atoms with Gasteiger partial charge >= 0.3 is 0 Å².